The zero-order chi connectivity index (χ0) is 44.0. The van der Waals surface area contributed by atoms with E-state index in [1.54, 1.807) is 24.3 Å². The number of aromatic hydroxyl groups is 1. The van der Waals surface area contributed by atoms with Crippen LogP contribution in [0.3, 0.4) is 0 Å². The minimum Gasteiger partial charge on any atom is -0.508 e. The lowest BCUT2D eigenvalue weighted by Gasteiger charge is -2.44. The molecule has 4 atom stereocenters. The van der Waals surface area contributed by atoms with Crippen molar-refractivity contribution in [3.8, 4) is 5.75 Å². The molecule has 5 aromatic carbocycles. The average Bonchev–Trinajstić information content (AvgIpc) is 3.52. The van der Waals surface area contributed by atoms with E-state index < -0.39 is 38.8 Å². The van der Waals surface area contributed by atoms with Crippen LogP contribution in [0.15, 0.2) is 150 Å². The van der Waals surface area contributed by atoms with Crippen molar-refractivity contribution in [3.63, 3.8) is 0 Å². The van der Waals surface area contributed by atoms with Crippen molar-refractivity contribution in [2.24, 2.45) is 17.8 Å². The van der Waals surface area contributed by atoms with E-state index in [0.717, 1.165) is 51.3 Å². The summed E-state index contributed by atoms with van der Waals surface area (Å²) in [6.45, 7) is 8.39. The van der Waals surface area contributed by atoms with E-state index in [4.69, 9.17) is 16.0 Å². The molecule has 7 rings (SSSR count). The average molecular weight is 870 g/mol. The number of aliphatic hydroxyl groups excluding tert-OH is 2. The number of nitrogens with zero attached hydrogens (tertiary/aromatic N) is 1. The summed E-state index contributed by atoms with van der Waals surface area (Å²) in [6.07, 6.45) is 3.65. The number of rotatable bonds is 16. The monoisotopic (exact) mass is 868 g/mol. The molecule has 8 nitrogen and oxygen atoms in total. The number of para-hydroxylation sites is 1. The number of carbonyl (C=O) groups is 2. The van der Waals surface area contributed by atoms with Gasteiger partial charge in [-0.3, -0.25) is 14.5 Å². The van der Waals surface area contributed by atoms with Crippen LogP contribution in [0.5, 0.6) is 5.75 Å². The number of benzene rings is 5. The number of aliphatic hydroxyl groups is 2. The fourth-order valence-electron chi connectivity index (χ4n) is 9.61. The fourth-order valence-corrected chi connectivity index (χ4v) is 14.4. The summed E-state index contributed by atoms with van der Waals surface area (Å²) in [6, 6.07) is 42.5. The molecule has 0 aromatic heterocycles. The Balaban J connectivity index is 1.26. The number of amides is 2. The van der Waals surface area contributed by atoms with Crippen LogP contribution in [0.4, 0.5) is 17.1 Å². The summed E-state index contributed by atoms with van der Waals surface area (Å²) in [5.74, 6) is -3.04. The van der Waals surface area contributed by atoms with Crippen molar-refractivity contribution in [2.45, 2.75) is 70.9 Å². The molecule has 62 heavy (non-hydrogen) atoms. The standard InChI is InChI=1S/C52H57ClN2O6Si/c1-5-15-35(30-36-23-28-41(57)32-46(36)53)22-29-47(58)48-37(34-61-62(52(2,3)4,42-18-11-7-12-19-42)43-20-13-8-14-21-43)31-44-49(45(48)33-56)51(60)55(50(44)59)40-26-24-39(25-27-40)54-38-16-9-6-10-17-38/h6-14,16-21,23-28,30,32,44-45,47,49,54,56-58H,5,15,22,29,31,33-34H2,1-4H3/b35-30+/t44-,45+,47-,49-/m1/s1. The highest BCUT2D eigenvalue weighted by Gasteiger charge is 2.56. The summed E-state index contributed by atoms with van der Waals surface area (Å²) in [7, 11) is -3.08. The SMILES string of the molecule is CCC/C(=C\c1ccc(O)cc1Cl)CC[C@@H](O)C1=C(CO[Si](c2ccccc2)(c2ccccc2)C(C)(C)C)C[C@H]2C(=O)N(c3ccc(Nc4ccccc4)cc3)C(=O)[C@H]2[C@H]1CO. The predicted octanol–water partition coefficient (Wildman–Crippen LogP) is 9.80. The van der Waals surface area contributed by atoms with Gasteiger partial charge in [0.1, 0.15) is 5.75 Å². The number of fused-ring (bicyclic) bond motifs is 1. The molecule has 0 spiro atoms. The quantitative estimate of drug-likeness (QED) is 0.0443. The number of anilines is 3. The first-order chi connectivity index (χ1) is 29.9. The van der Waals surface area contributed by atoms with Gasteiger partial charge in [0.2, 0.25) is 11.8 Å². The fraction of sp³-hybridized carbons (Fsp3) is 0.308. The van der Waals surface area contributed by atoms with Gasteiger partial charge < -0.3 is 25.1 Å². The van der Waals surface area contributed by atoms with Gasteiger partial charge in [0.15, 0.2) is 0 Å². The molecule has 1 fully saturated rings. The Hall–Kier alpha value is -5.29. The van der Waals surface area contributed by atoms with Gasteiger partial charge in [-0.15, -0.1) is 0 Å². The Labute approximate surface area is 371 Å². The van der Waals surface area contributed by atoms with E-state index >= 15 is 0 Å². The van der Waals surface area contributed by atoms with Gasteiger partial charge >= 0.3 is 0 Å². The molecule has 2 aliphatic rings. The summed E-state index contributed by atoms with van der Waals surface area (Å²) < 4.78 is 7.45. The van der Waals surface area contributed by atoms with Crippen LogP contribution in [0.25, 0.3) is 6.08 Å². The second-order valence-electron chi connectivity index (χ2n) is 17.5. The number of halogens is 1. The van der Waals surface area contributed by atoms with Gasteiger partial charge in [0.25, 0.3) is 8.32 Å². The van der Waals surface area contributed by atoms with Crippen LogP contribution >= 0.6 is 11.6 Å². The number of allylic oxidation sites excluding steroid dienone is 1. The maximum Gasteiger partial charge on any atom is 0.261 e. The maximum absolute atomic E-state index is 14.6. The lowest BCUT2D eigenvalue weighted by atomic mass is 9.68. The largest absolute Gasteiger partial charge is 0.508 e. The maximum atomic E-state index is 14.6. The van der Waals surface area contributed by atoms with Crippen molar-refractivity contribution in [3.05, 3.63) is 161 Å². The summed E-state index contributed by atoms with van der Waals surface area (Å²) >= 11 is 6.51. The minimum absolute atomic E-state index is 0.0839. The number of hydrogen-bond donors (Lipinski definition) is 4. The first-order valence-electron chi connectivity index (χ1n) is 21.6. The molecule has 0 radical (unpaired) electrons. The molecule has 2 amide bonds. The Morgan fingerprint density at radius 1 is 0.855 bits per heavy atom. The Kier molecular flexibility index (Phi) is 14.0. The summed E-state index contributed by atoms with van der Waals surface area (Å²) in [5.41, 5.74) is 5.35. The van der Waals surface area contributed by atoms with Crippen LogP contribution < -0.4 is 20.6 Å². The van der Waals surface area contributed by atoms with Gasteiger partial charge in [-0.1, -0.05) is 136 Å². The molecular weight excluding hydrogens is 812 g/mol. The van der Waals surface area contributed by atoms with E-state index in [2.05, 4.69) is 57.3 Å². The number of phenolic OH excluding ortho intramolecular Hbond substituents is 1. The van der Waals surface area contributed by atoms with Crippen LogP contribution in [-0.4, -0.2) is 54.8 Å². The summed E-state index contributed by atoms with van der Waals surface area (Å²) in [4.78, 5) is 30.5. The van der Waals surface area contributed by atoms with E-state index in [0.29, 0.717) is 29.1 Å². The number of nitrogens with one attached hydrogen (secondary N) is 1. The van der Waals surface area contributed by atoms with E-state index in [1.807, 2.05) is 84.9 Å². The van der Waals surface area contributed by atoms with E-state index in [9.17, 15) is 24.9 Å². The van der Waals surface area contributed by atoms with Crippen LogP contribution in [0.1, 0.15) is 65.4 Å². The molecule has 0 bridgehead atoms. The second-order valence-corrected chi connectivity index (χ2v) is 22.2. The Morgan fingerprint density at radius 3 is 2.02 bits per heavy atom. The lowest BCUT2D eigenvalue weighted by Crippen LogP contribution is -2.66. The predicted molar refractivity (Wildman–Crippen MR) is 253 cm³/mol. The second kappa shape index (κ2) is 19.4. The number of phenols is 1. The smallest absolute Gasteiger partial charge is 0.261 e. The zero-order valence-electron chi connectivity index (χ0n) is 35.9. The number of hydrogen-bond acceptors (Lipinski definition) is 7. The third-order valence-corrected chi connectivity index (χ3v) is 17.8. The van der Waals surface area contributed by atoms with Gasteiger partial charge in [0.05, 0.1) is 41.9 Å². The Bertz CT molecular complexity index is 2360. The van der Waals surface area contributed by atoms with Crippen LogP contribution in [0.2, 0.25) is 10.1 Å². The van der Waals surface area contributed by atoms with E-state index in [1.165, 1.54) is 11.0 Å². The van der Waals surface area contributed by atoms with Crippen molar-refractivity contribution in [1.29, 1.82) is 0 Å². The molecule has 1 saturated heterocycles. The van der Waals surface area contributed by atoms with Crippen molar-refractivity contribution < 1.29 is 29.3 Å². The third-order valence-electron chi connectivity index (χ3n) is 12.5. The zero-order valence-corrected chi connectivity index (χ0v) is 37.7. The van der Waals surface area contributed by atoms with Gasteiger partial charge in [-0.05, 0) is 112 Å². The highest BCUT2D eigenvalue weighted by Crippen LogP contribution is 2.48. The molecule has 5 aromatic rings. The van der Waals surface area contributed by atoms with Crippen LogP contribution in [0, 0.1) is 17.8 Å². The van der Waals surface area contributed by atoms with Crippen molar-refractivity contribution in [2.75, 3.05) is 23.4 Å². The molecule has 0 unspecified atom stereocenters. The van der Waals surface area contributed by atoms with Crippen LogP contribution in [-0.2, 0) is 14.0 Å². The van der Waals surface area contributed by atoms with Gasteiger partial charge in [-0.25, -0.2) is 0 Å². The molecule has 1 aliphatic carbocycles. The molecule has 322 valence electrons. The number of imide groups is 1. The van der Waals surface area contributed by atoms with E-state index in [-0.39, 0.29) is 35.6 Å². The summed E-state index contributed by atoms with van der Waals surface area (Å²) in [5, 5.41) is 39.4. The normalized spacial score (nSPS) is 18.9. The third kappa shape index (κ3) is 9.24. The highest BCUT2D eigenvalue weighted by atomic mass is 35.5. The Morgan fingerprint density at radius 2 is 1.45 bits per heavy atom. The minimum atomic E-state index is -3.08. The molecular formula is C52H57ClN2O6Si. The number of carbonyl (C=O) groups excluding carboxylic acids is 2. The molecule has 10 heteroatoms. The molecule has 0 saturated carbocycles. The molecule has 1 heterocycles. The molecule has 1 aliphatic heterocycles. The first-order valence-corrected chi connectivity index (χ1v) is 23.9. The van der Waals surface area contributed by atoms with Crippen molar-refractivity contribution in [1.82, 2.24) is 0 Å². The first kappa shape index (κ1) is 44.8. The highest BCUT2D eigenvalue weighted by molar-refractivity contribution is 6.99. The lowest BCUT2D eigenvalue weighted by molar-refractivity contribution is -0.123. The molecule has 4 N–H and O–H groups in total. The van der Waals surface area contributed by atoms with Crippen molar-refractivity contribution >= 4 is 65.2 Å². The van der Waals surface area contributed by atoms with Gasteiger partial charge in [-0.2, -0.15) is 0 Å². The topological polar surface area (TPSA) is 119 Å². The van der Waals surface area contributed by atoms with Gasteiger partial charge in [0, 0.05) is 17.3 Å².